The van der Waals surface area contributed by atoms with Gasteiger partial charge in [-0.2, -0.15) is 0 Å². The van der Waals surface area contributed by atoms with E-state index in [0.29, 0.717) is 18.4 Å². The third-order valence-corrected chi connectivity index (χ3v) is 3.63. The van der Waals surface area contributed by atoms with Crippen molar-refractivity contribution in [3.05, 3.63) is 33.9 Å². The van der Waals surface area contributed by atoms with Crippen molar-refractivity contribution in [3.63, 3.8) is 0 Å². The monoisotopic (exact) mass is 234 g/mol. The molecule has 0 spiro atoms. The van der Waals surface area contributed by atoms with Gasteiger partial charge in [0.05, 0.1) is 0 Å². The molecule has 0 radical (unpaired) electrons. The van der Waals surface area contributed by atoms with Crippen LogP contribution >= 0.6 is 0 Å². The van der Waals surface area contributed by atoms with Crippen LogP contribution in [0.25, 0.3) is 0 Å². The SMILES string of the molecule is Cc1cc2c(c(C)c1CCO)C(=O)[C@@](C)(O)C2. The molecule has 2 N–H and O–H groups in total. The second kappa shape index (κ2) is 3.93. The van der Waals surface area contributed by atoms with E-state index in [1.807, 2.05) is 19.9 Å². The summed E-state index contributed by atoms with van der Waals surface area (Å²) in [5.74, 6) is -0.191. The first-order valence-electron chi connectivity index (χ1n) is 5.88. The van der Waals surface area contributed by atoms with Gasteiger partial charge in [0.1, 0.15) is 5.60 Å². The summed E-state index contributed by atoms with van der Waals surface area (Å²) in [7, 11) is 0. The molecular formula is C14H18O3. The molecule has 0 aliphatic heterocycles. The number of ketones is 1. The van der Waals surface area contributed by atoms with Gasteiger partial charge in [-0.05, 0) is 49.4 Å². The van der Waals surface area contributed by atoms with Crippen LogP contribution in [0.15, 0.2) is 6.07 Å². The minimum absolute atomic E-state index is 0.0745. The summed E-state index contributed by atoms with van der Waals surface area (Å²) in [6, 6.07) is 1.96. The molecule has 3 nitrogen and oxygen atoms in total. The first-order valence-corrected chi connectivity index (χ1v) is 5.88. The number of carbonyl (C=O) groups excluding carboxylic acids is 1. The summed E-state index contributed by atoms with van der Waals surface area (Å²) < 4.78 is 0. The van der Waals surface area contributed by atoms with Crippen LogP contribution in [0.3, 0.4) is 0 Å². The molecule has 0 amide bonds. The Morgan fingerprint density at radius 2 is 2.06 bits per heavy atom. The summed E-state index contributed by atoms with van der Waals surface area (Å²) in [6.45, 7) is 5.52. The van der Waals surface area contributed by atoms with Gasteiger partial charge in [0.15, 0.2) is 5.78 Å². The number of hydrogen-bond acceptors (Lipinski definition) is 3. The van der Waals surface area contributed by atoms with Crippen LogP contribution in [0.4, 0.5) is 0 Å². The summed E-state index contributed by atoms with van der Waals surface area (Å²) in [4.78, 5) is 12.1. The lowest BCUT2D eigenvalue weighted by molar-refractivity contribution is 0.0461. The molecule has 1 aliphatic carbocycles. The first kappa shape index (κ1) is 12.3. The van der Waals surface area contributed by atoms with Crippen molar-refractivity contribution in [2.75, 3.05) is 6.61 Å². The predicted molar refractivity (Wildman–Crippen MR) is 65.4 cm³/mol. The van der Waals surface area contributed by atoms with Crippen molar-refractivity contribution in [3.8, 4) is 0 Å². The lowest BCUT2D eigenvalue weighted by Gasteiger charge is -2.13. The second-order valence-electron chi connectivity index (χ2n) is 5.08. The predicted octanol–water partition coefficient (Wildman–Crippen LogP) is 1.33. The maximum atomic E-state index is 12.1. The molecule has 3 heteroatoms. The number of aliphatic hydroxyl groups excluding tert-OH is 1. The van der Waals surface area contributed by atoms with Crippen molar-refractivity contribution in [2.24, 2.45) is 0 Å². The molecule has 0 saturated heterocycles. The van der Waals surface area contributed by atoms with Crippen LogP contribution in [0.2, 0.25) is 0 Å². The molecule has 0 heterocycles. The summed E-state index contributed by atoms with van der Waals surface area (Å²) in [5.41, 5.74) is 3.34. The molecule has 0 saturated carbocycles. The van der Waals surface area contributed by atoms with E-state index >= 15 is 0 Å². The smallest absolute Gasteiger partial charge is 0.194 e. The third-order valence-electron chi connectivity index (χ3n) is 3.63. The highest BCUT2D eigenvalue weighted by Gasteiger charge is 2.41. The molecule has 92 valence electrons. The van der Waals surface area contributed by atoms with E-state index < -0.39 is 5.60 Å². The van der Waals surface area contributed by atoms with Crippen LogP contribution in [0, 0.1) is 13.8 Å². The maximum absolute atomic E-state index is 12.1. The molecule has 0 aromatic heterocycles. The zero-order valence-electron chi connectivity index (χ0n) is 10.5. The van der Waals surface area contributed by atoms with Crippen LogP contribution in [-0.2, 0) is 12.8 Å². The zero-order chi connectivity index (χ0) is 12.8. The van der Waals surface area contributed by atoms with Crippen LogP contribution in [-0.4, -0.2) is 28.2 Å². The van der Waals surface area contributed by atoms with E-state index in [0.717, 1.165) is 22.3 Å². The molecule has 1 aliphatic rings. The molecular weight excluding hydrogens is 216 g/mol. The number of aryl methyl sites for hydroxylation is 1. The number of hydrogen-bond donors (Lipinski definition) is 2. The van der Waals surface area contributed by atoms with Gasteiger partial charge in [-0.25, -0.2) is 0 Å². The van der Waals surface area contributed by atoms with Crippen molar-refractivity contribution in [2.45, 2.75) is 39.2 Å². The summed E-state index contributed by atoms with van der Waals surface area (Å²) in [5, 5.41) is 19.1. The zero-order valence-corrected chi connectivity index (χ0v) is 10.5. The quantitative estimate of drug-likeness (QED) is 0.811. The standard InChI is InChI=1S/C14H18O3/c1-8-6-10-7-14(3,17)13(16)12(10)9(2)11(8)4-5-15/h6,15,17H,4-5,7H2,1-3H3/t14-/m0/s1. The Kier molecular flexibility index (Phi) is 2.84. The molecule has 1 aromatic carbocycles. The summed E-state index contributed by atoms with van der Waals surface area (Å²) >= 11 is 0. The average molecular weight is 234 g/mol. The molecule has 17 heavy (non-hydrogen) atoms. The van der Waals surface area contributed by atoms with Crippen LogP contribution in [0.1, 0.15) is 39.5 Å². The summed E-state index contributed by atoms with van der Waals surface area (Å²) in [6.07, 6.45) is 0.947. The van der Waals surface area contributed by atoms with E-state index in [4.69, 9.17) is 5.11 Å². The van der Waals surface area contributed by atoms with Crippen LogP contribution in [0.5, 0.6) is 0 Å². The van der Waals surface area contributed by atoms with Gasteiger partial charge in [0.25, 0.3) is 0 Å². The molecule has 1 atom stereocenters. The van der Waals surface area contributed by atoms with Gasteiger partial charge < -0.3 is 10.2 Å². The Labute approximate surface area is 101 Å². The highest BCUT2D eigenvalue weighted by molar-refractivity contribution is 6.07. The lowest BCUT2D eigenvalue weighted by Crippen LogP contribution is -2.31. The highest BCUT2D eigenvalue weighted by Crippen LogP contribution is 2.35. The Bertz CT molecular complexity index is 487. The molecule has 0 fully saturated rings. The number of aliphatic hydroxyl groups is 2. The Morgan fingerprint density at radius 1 is 1.41 bits per heavy atom. The molecule has 1 aromatic rings. The Hall–Kier alpha value is -1.19. The fourth-order valence-corrected chi connectivity index (χ4v) is 2.78. The number of Topliss-reactive ketones (excluding diaryl/α,β-unsaturated/α-hetero) is 1. The Balaban J connectivity index is 2.62. The Morgan fingerprint density at radius 3 is 2.65 bits per heavy atom. The van der Waals surface area contributed by atoms with Gasteiger partial charge in [-0.15, -0.1) is 0 Å². The van der Waals surface area contributed by atoms with Crippen LogP contribution < -0.4 is 0 Å². The van der Waals surface area contributed by atoms with E-state index in [-0.39, 0.29) is 12.4 Å². The van der Waals surface area contributed by atoms with E-state index in [2.05, 4.69) is 0 Å². The van der Waals surface area contributed by atoms with Crippen molar-refractivity contribution in [1.82, 2.24) is 0 Å². The number of rotatable bonds is 2. The van der Waals surface area contributed by atoms with Crippen molar-refractivity contribution >= 4 is 5.78 Å². The minimum atomic E-state index is -1.27. The molecule has 2 rings (SSSR count). The molecule has 0 unspecified atom stereocenters. The van der Waals surface area contributed by atoms with Gasteiger partial charge in [-0.3, -0.25) is 4.79 Å². The maximum Gasteiger partial charge on any atom is 0.194 e. The normalized spacial score (nSPS) is 23.0. The van der Waals surface area contributed by atoms with E-state index in [9.17, 15) is 9.90 Å². The molecule has 0 bridgehead atoms. The number of carbonyl (C=O) groups is 1. The van der Waals surface area contributed by atoms with E-state index in [1.165, 1.54) is 0 Å². The van der Waals surface area contributed by atoms with Crippen molar-refractivity contribution < 1.29 is 15.0 Å². The van der Waals surface area contributed by atoms with E-state index in [1.54, 1.807) is 6.92 Å². The number of benzene rings is 1. The fourth-order valence-electron chi connectivity index (χ4n) is 2.78. The lowest BCUT2D eigenvalue weighted by atomic mass is 9.92. The second-order valence-corrected chi connectivity index (χ2v) is 5.08. The van der Waals surface area contributed by atoms with Gasteiger partial charge in [0.2, 0.25) is 0 Å². The van der Waals surface area contributed by atoms with Gasteiger partial charge in [0, 0.05) is 18.6 Å². The van der Waals surface area contributed by atoms with Gasteiger partial charge >= 0.3 is 0 Å². The minimum Gasteiger partial charge on any atom is -0.396 e. The average Bonchev–Trinajstić information content (AvgIpc) is 2.44. The van der Waals surface area contributed by atoms with Gasteiger partial charge in [-0.1, -0.05) is 6.07 Å². The topological polar surface area (TPSA) is 57.5 Å². The first-order chi connectivity index (χ1) is 7.88. The van der Waals surface area contributed by atoms with Crippen molar-refractivity contribution in [1.29, 1.82) is 0 Å². The highest BCUT2D eigenvalue weighted by atomic mass is 16.3. The number of fused-ring (bicyclic) bond motifs is 1. The fraction of sp³-hybridized carbons (Fsp3) is 0.500. The largest absolute Gasteiger partial charge is 0.396 e. The third kappa shape index (κ3) is 1.79.